The molecule has 1 aromatic heterocycles. The number of nitrogens with one attached hydrogen (secondary N) is 1. The lowest BCUT2D eigenvalue weighted by atomic mass is 10.0. The summed E-state index contributed by atoms with van der Waals surface area (Å²) >= 11 is 12.6. The Morgan fingerprint density at radius 1 is 1.12 bits per heavy atom. The van der Waals surface area contributed by atoms with Gasteiger partial charge in [0.1, 0.15) is 9.23 Å². The summed E-state index contributed by atoms with van der Waals surface area (Å²) in [6.07, 6.45) is 0. The largest absolute Gasteiger partial charge is 0.478 e. The Morgan fingerprint density at radius 3 is 2.46 bits per heavy atom. The van der Waals surface area contributed by atoms with Crippen LogP contribution < -0.4 is 4.72 Å². The molecule has 2 N–H and O–H groups in total. The zero-order valence-electron chi connectivity index (χ0n) is 11.8. The highest BCUT2D eigenvalue weighted by Crippen LogP contribution is 2.36. The van der Waals surface area contributed by atoms with Crippen LogP contribution in [0.15, 0.2) is 47.4 Å². The van der Waals surface area contributed by atoms with Crippen molar-refractivity contribution in [2.24, 2.45) is 0 Å². The SMILES string of the molecule is O=C(O)c1c(NS(=O)(=O)c2cc(Cl)sc2Cl)ccc2ccccc12. The van der Waals surface area contributed by atoms with E-state index in [4.69, 9.17) is 23.2 Å². The highest BCUT2D eigenvalue weighted by atomic mass is 35.5. The Kier molecular flexibility index (Phi) is 4.44. The van der Waals surface area contributed by atoms with E-state index >= 15 is 0 Å². The number of hydrogen-bond acceptors (Lipinski definition) is 4. The molecule has 3 rings (SSSR count). The molecule has 2 aromatic carbocycles. The van der Waals surface area contributed by atoms with Gasteiger partial charge < -0.3 is 5.11 Å². The van der Waals surface area contributed by atoms with Gasteiger partial charge in [0.15, 0.2) is 0 Å². The molecule has 0 fully saturated rings. The molecule has 124 valence electrons. The van der Waals surface area contributed by atoms with E-state index in [1.165, 1.54) is 12.1 Å². The van der Waals surface area contributed by atoms with E-state index < -0.39 is 16.0 Å². The smallest absolute Gasteiger partial charge is 0.338 e. The molecule has 9 heteroatoms. The van der Waals surface area contributed by atoms with E-state index in [1.807, 2.05) is 0 Å². The average molecular weight is 402 g/mol. The van der Waals surface area contributed by atoms with Crippen molar-refractivity contribution in [2.75, 3.05) is 4.72 Å². The minimum Gasteiger partial charge on any atom is -0.478 e. The van der Waals surface area contributed by atoms with Crippen LogP contribution in [0.5, 0.6) is 0 Å². The molecule has 0 saturated carbocycles. The first-order valence-corrected chi connectivity index (χ1v) is 9.58. The number of carboxylic acid groups (broad SMARTS) is 1. The molecule has 0 spiro atoms. The van der Waals surface area contributed by atoms with Crippen molar-refractivity contribution in [3.8, 4) is 0 Å². The zero-order chi connectivity index (χ0) is 17.5. The number of fused-ring (bicyclic) bond motifs is 1. The van der Waals surface area contributed by atoms with E-state index in [0.29, 0.717) is 10.8 Å². The maximum Gasteiger partial charge on any atom is 0.338 e. The summed E-state index contributed by atoms with van der Waals surface area (Å²) in [6.45, 7) is 0. The Hall–Kier alpha value is -1.80. The fourth-order valence-electron chi connectivity index (χ4n) is 2.30. The minimum absolute atomic E-state index is 0.00478. The molecule has 0 saturated heterocycles. The number of aromatic carboxylic acids is 1. The first kappa shape index (κ1) is 17.0. The molecule has 24 heavy (non-hydrogen) atoms. The molecule has 3 aromatic rings. The first-order valence-electron chi connectivity index (χ1n) is 6.52. The molecule has 5 nitrogen and oxygen atoms in total. The van der Waals surface area contributed by atoms with Crippen molar-refractivity contribution in [1.29, 1.82) is 0 Å². The number of rotatable bonds is 4. The van der Waals surface area contributed by atoms with Gasteiger partial charge >= 0.3 is 5.97 Å². The monoisotopic (exact) mass is 401 g/mol. The van der Waals surface area contributed by atoms with Crippen molar-refractivity contribution >= 4 is 67.0 Å². The molecule has 0 aliphatic rings. The number of carboxylic acids is 1. The van der Waals surface area contributed by atoms with Gasteiger partial charge in [-0.15, -0.1) is 11.3 Å². The van der Waals surface area contributed by atoms with Crippen LogP contribution in [0, 0.1) is 0 Å². The summed E-state index contributed by atoms with van der Waals surface area (Å²) in [4.78, 5) is 11.5. The number of hydrogen-bond donors (Lipinski definition) is 2. The molecule has 1 heterocycles. The summed E-state index contributed by atoms with van der Waals surface area (Å²) in [7, 11) is -4.07. The van der Waals surface area contributed by atoms with Gasteiger partial charge in [0.2, 0.25) is 0 Å². The number of benzene rings is 2. The number of anilines is 1. The molecular weight excluding hydrogens is 393 g/mol. The summed E-state index contributed by atoms with van der Waals surface area (Å²) in [5, 5.41) is 10.6. The molecular formula is C15H9Cl2NO4S2. The molecule has 0 unspecified atom stereocenters. The van der Waals surface area contributed by atoms with E-state index in [0.717, 1.165) is 11.3 Å². The van der Waals surface area contributed by atoms with Crippen LogP contribution in [-0.4, -0.2) is 19.5 Å². The van der Waals surface area contributed by atoms with E-state index in [-0.39, 0.29) is 24.8 Å². The van der Waals surface area contributed by atoms with Crippen molar-refractivity contribution in [2.45, 2.75) is 4.90 Å². The molecule has 0 aliphatic heterocycles. The van der Waals surface area contributed by atoms with Crippen LogP contribution in [0.2, 0.25) is 8.67 Å². The maximum atomic E-state index is 12.5. The molecule has 0 atom stereocenters. The molecule has 0 radical (unpaired) electrons. The normalized spacial score (nSPS) is 11.6. The second-order valence-corrected chi connectivity index (χ2v) is 8.74. The Bertz CT molecular complexity index is 1060. The van der Waals surface area contributed by atoms with Gasteiger partial charge in [-0.1, -0.05) is 53.5 Å². The van der Waals surface area contributed by atoms with Crippen molar-refractivity contribution in [3.63, 3.8) is 0 Å². The van der Waals surface area contributed by atoms with Gasteiger partial charge in [0.05, 0.1) is 15.6 Å². The highest BCUT2D eigenvalue weighted by molar-refractivity contribution is 7.93. The van der Waals surface area contributed by atoms with Crippen LogP contribution in [-0.2, 0) is 10.0 Å². The Balaban J connectivity index is 2.15. The third-order valence-corrected chi connectivity index (χ3v) is 6.42. The van der Waals surface area contributed by atoms with Crippen molar-refractivity contribution in [1.82, 2.24) is 0 Å². The first-order chi connectivity index (χ1) is 11.3. The fourth-order valence-corrected chi connectivity index (χ4v) is 5.52. The second-order valence-electron chi connectivity index (χ2n) is 4.81. The third-order valence-electron chi connectivity index (χ3n) is 3.30. The lowest BCUT2D eigenvalue weighted by molar-refractivity contribution is 0.0700. The summed E-state index contributed by atoms with van der Waals surface area (Å²) < 4.78 is 27.5. The van der Waals surface area contributed by atoms with Gasteiger partial charge in [-0.05, 0) is 22.9 Å². The quantitative estimate of drug-likeness (QED) is 0.662. The lowest BCUT2D eigenvalue weighted by Gasteiger charge is -2.12. The topological polar surface area (TPSA) is 83.5 Å². The fraction of sp³-hybridized carbons (Fsp3) is 0. The lowest BCUT2D eigenvalue weighted by Crippen LogP contribution is -2.15. The van der Waals surface area contributed by atoms with Crippen LogP contribution in [0.3, 0.4) is 0 Å². The zero-order valence-corrected chi connectivity index (χ0v) is 14.9. The van der Waals surface area contributed by atoms with Gasteiger partial charge in [-0.25, -0.2) is 13.2 Å². The standard InChI is InChI=1S/C15H9Cl2NO4S2/c16-12-7-11(14(17)23-12)24(21,22)18-10-6-5-8-3-1-2-4-9(8)13(10)15(19)20/h1-7,18H,(H,19,20). The predicted molar refractivity (Wildman–Crippen MR) is 96.1 cm³/mol. The van der Waals surface area contributed by atoms with Crippen molar-refractivity contribution in [3.05, 3.63) is 56.7 Å². The number of halogens is 2. The average Bonchev–Trinajstić information content (AvgIpc) is 2.86. The summed E-state index contributed by atoms with van der Waals surface area (Å²) in [5.41, 5.74) is -0.172. The Morgan fingerprint density at radius 2 is 1.83 bits per heavy atom. The predicted octanol–water partition coefficient (Wildman–Crippen LogP) is 4.71. The van der Waals surface area contributed by atoms with Gasteiger partial charge in [0, 0.05) is 0 Å². The van der Waals surface area contributed by atoms with Crippen LogP contribution in [0.25, 0.3) is 10.8 Å². The Labute approximate surface area is 151 Å². The number of thiophene rings is 1. The van der Waals surface area contributed by atoms with Crippen LogP contribution in [0.4, 0.5) is 5.69 Å². The van der Waals surface area contributed by atoms with E-state index in [2.05, 4.69) is 4.72 Å². The summed E-state index contributed by atoms with van der Waals surface area (Å²) in [6, 6.07) is 11.1. The number of carbonyl (C=O) groups is 1. The van der Waals surface area contributed by atoms with Gasteiger partial charge in [0.25, 0.3) is 10.0 Å². The number of sulfonamides is 1. The maximum absolute atomic E-state index is 12.5. The van der Waals surface area contributed by atoms with E-state index in [1.54, 1.807) is 30.3 Å². The molecule has 0 aliphatic carbocycles. The summed E-state index contributed by atoms with van der Waals surface area (Å²) in [5.74, 6) is -1.24. The molecule has 0 bridgehead atoms. The second kappa shape index (κ2) is 6.25. The van der Waals surface area contributed by atoms with Crippen LogP contribution in [0.1, 0.15) is 10.4 Å². The highest BCUT2D eigenvalue weighted by Gasteiger charge is 2.24. The third kappa shape index (κ3) is 3.08. The van der Waals surface area contributed by atoms with Gasteiger partial charge in [-0.2, -0.15) is 0 Å². The van der Waals surface area contributed by atoms with Crippen molar-refractivity contribution < 1.29 is 18.3 Å². The van der Waals surface area contributed by atoms with E-state index in [9.17, 15) is 18.3 Å². The minimum atomic E-state index is -4.07. The molecule has 0 amide bonds. The van der Waals surface area contributed by atoms with Crippen LogP contribution >= 0.6 is 34.5 Å². The van der Waals surface area contributed by atoms with Gasteiger partial charge in [-0.3, -0.25) is 4.72 Å².